The van der Waals surface area contributed by atoms with Gasteiger partial charge in [-0.1, -0.05) is 48.5 Å². The molecule has 4 aromatic rings. The van der Waals surface area contributed by atoms with Gasteiger partial charge in [0.2, 0.25) is 0 Å². The van der Waals surface area contributed by atoms with E-state index in [0.717, 1.165) is 33.3 Å². The highest BCUT2D eigenvalue weighted by Gasteiger charge is 2.12. The summed E-state index contributed by atoms with van der Waals surface area (Å²) in [4.78, 5) is 12.9. The normalized spacial score (nSPS) is 10.6. The van der Waals surface area contributed by atoms with E-state index >= 15 is 0 Å². The minimum atomic E-state index is -0.175. The van der Waals surface area contributed by atoms with Gasteiger partial charge in [0.05, 0.1) is 7.11 Å². The summed E-state index contributed by atoms with van der Waals surface area (Å²) in [5.74, 6) is 1.29. The summed E-state index contributed by atoms with van der Waals surface area (Å²) in [6, 6.07) is 27.1. The summed E-state index contributed by atoms with van der Waals surface area (Å²) in [6.07, 6.45) is 0. The van der Waals surface area contributed by atoms with Crippen LogP contribution in [0.5, 0.6) is 11.5 Å². The second kappa shape index (κ2) is 8.70. The number of carbonyl (C=O) groups is 1. The molecule has 4 aromatic carbocycles. The third kappa shape index (κ3) is 4.28. The molecule has 0 saturated heterocycles. The number of aryl methyl sites for hydroxylation is 1. The number of fused-ring (bicyclic) bond motifs is 1. The van der Waals surface area contributed by atoms with Gasteiger partial charge >= 0.3 is 0 Å². The summed E-state index contributed by atoms with van der Waals surface area (Å²) in [5, 5.41) is 5.11. The number of ether oxygens (including phenoxy) is 2. The number of benzene rings is 4. The van der Waals surface area contributed by atoms with Crippen LogP contribution >= 0.6 is 0 Å². The van der Waals surface area contributed by atoms with Gasteiger partial charge < -0.3 is 14.8 Å². The lowest BCUT2D eigenvalue weighted by Crippen LogP contribution is -2.13. The van der Waals surface area contributed by atoms with Crippen molar-refractivity contribution < 1.29 is 14.3 Å². The third-order valence-corrected chi connectivity index (χ3v) is 4.96. The molecule has 30 heavy (non-hydrogen) atoms. The highest BCUT2D eigenvalue weighted by atomic mass is 16.5. The average Bonchev–Trinajstić information content (AvgIpc) is 2.78. The van der Waals surface area contributed by atoms with E-state index in [4.69, 9.17) is 9.47 Å². The number of nitrogens with one attached hydrogen (secondary N) is 1. The zero-order valence-electron chi connectivity index (χ0n) is 17.0. The van der Waals surface area contributed by atoms with Crippen molar-refractivity contribution in [1.82, 2.24) is 0 Å². The fraction of sp³-hybridized carbons (Fsp3) is 0.115. The first kappa shape index (κ1) is 19.5. The van der Waals surface area contributed by atoms with E-state index in [2.05, 4.69) is 5.32 Å². The second-order valence-corrected chi connectivity index (χ2v) is 7.11. The molecule has 0 bridgehead atoms. The molecule has 0 aliphatic heterocycles. The molecule has 4 nitrogen and oxygen atoms in total. The minimum Gasteiger partial charge on any atom is -0.496 e. The fourth-order valence-corrected chi connectivity index (χ4v) is 3.43. The maximum Gasteiger partial charge on any atom is 0.255 e. The minimum absolute atomic E-state index is 0.175. The Labute approximate surface area is 176 Å². The molecule has 0 heterocycles. The molecular weight excluding hydrogens is 374 g/mol. The van der Waals surface area contributed by atoms with Crippen molar-refractivity contribution in [2.24, 2.45) is 0 Å². The first-order valence-corrected chi connectivity index (χ1v) is 9.79. The van der Waals surface area contributed by atoms with E-state index in [1.165, 1.54) is 0 Å². The van der Waals surface area contributed by atoms with E-state index in [9.17, 15) is 4.79 Å². The molecule has 0 unspecified atom stereocenters. The summed E-state index contributed by atoms with van der Waals surface area (Å²) in [5.41, 5.74) is 3.27. The molecule has 0 atom stereocenters. The van der Waals surface area contributed by atoms with Crippen molar-refractivity contribution in [3.63, 3.8) is 0 Å². The number of hydrogen-bond acceptors (Lipinski definition) is 3. The Balaban J connectivity index is 1.56. The summed E-state index contributed by atoms with van der Waals surface area (Å²) >= 11 is 0. The number of hydrogen-bond donors (Lipinski definition) is 1. The molecule has 150 valence electrons. The topological polar surface area (TPSA) is 47.6 Å². The van der Waals surface area contributed by atoms with Crippen molar-refractivity contribution in [2.45, 2.75) is 13.5 Å². The molecule has 4 rings (SSSR count). The molecule has 1 amide bonds. The Kier molecular flexibility index (Phi) is 5.66. The van der Waals surface area contributed by atoms with Gasteiger partial charge in [-0.25, -0.2) is 0 Å². The molecule has 0 radical (unpaired) electrons. The molecule has 0 spiro atoms. The Bertz CT molecular complexity index is 1190. The Morgan fingerprint density at radius 3 is 2.53 bits per heavy atom. The molecule has 4 heteroatoms. The monoisotopic (exact) mass is 397 g/mol. The Hall–Kier alpha value is -3.79. The van der Waals surface area contributed by atoms with Crippen LogP contribution in [0.3, 0.4) is 0 Å². The van der Waals surface area contributed by atoms with Crippen molar-refractivity contribution >= 4 is 22.4 Å². The molecule has 0 aliphatic rings. The molecule has 0 saturated carbocycles. The average molecular weight is 397 g/mol. The second-order valence-electron chi connectivity index (χ2n) is 7.11. The van der Waals surface area contributed by atoms with E-state index < -0.39 is 0 Å². The van der Waals surface area contributed by atoms with Crippen LogP contribution in [0.25, 0.3) is 10.8 Å². The maximum absolute atomic E-state index is 12.9. The number of rotatable bonds is 6. The number of methoxy groups -OCH3 is 1. The lowest BCUT2D eigenvalue weighted by Gasteiger charge is -2.13. The summed E-state index contributed by atoms with van der Waals surface area (Å²) in [6.45, 7) is 2.33. The largest absolute Gasteiger partial charge is 0.496 e. The number of amides is 1. The highest BCUT2D eigenvalue weighted by molar-refractivity contribution is 6.09. The van der Waals surface area contributed by atoms with Crippen LogP contribution in [-0.2, 0) is 6.61 Å². The van der Waals surface area contributed by atoms with Gasteiger partial charge in [0.1, 0.15) is 18.1 Å². The van der Waals surface area contributed by atoms with Gasteiger partial charge in [-0.15, -0.1) is 0 Å². The Morgan fingerprint density at radius 2 is 1.70 bits per heavy atom. The van der Waals surface area contributed by atoms with Crippen molar-refractivity contribution in [3.05, 3.63) is 102 Å². The van der Waals surface area contributed by atoms with E-state index in [-0.39, 0.29) is 5.91 Å². The van der Waals surface area contributed by atoms with Crippen LogP contribution < -0.4 is 14.8 Å². The standard InChI is InChI=1S/C26H23NO3/c1-18-7-5-10-22(15-18)30-17-21-16-20(13-14-25(21)29-2)26(28)27-24-12-6-9-19-8-3-4-11-23(19)24/h3-16H,17H2,1-2H3,(H,27,28). The van der Waals surface area contributed by atoms with Gasteiger partial charge in [-0.2, -0.15) is 0 Å². The highest BCUT2D eigenvalue weighted by Crippen LogP contribution is 2.26. The molecule has 0 aromatic heterocycles. The molecular formula is C26H23NO3. The molecule has 0 aliphatic carbocycles. The first-order valence-electron chi connectivity index (χ1n) is 9.79. The van der Waals surface area contributed by atoms with Crippen LogP contribution in [0.15, 0.2) is 84.9 Å². The smallest absolute Gasteiger partial charge is 0.255 e. The van der Waals surface area contributed by atoms with Crippen LogP contribution in [0.4, 0.5) is 5.69 Å². The Morgan fingerprint density at radius 1 is 0.900 bits per heavy atom. The van der Waals surface area contributed by atoms with Crippen LogP contribution in [-0.4, -0.2) is 13.0 Å². The third-order valence-electron chi connectivity index (χ3n) is 4.96. The van der Waals surface area contributed by atoms with E-state index in [1.54, 1.807) is 19.2 Å². The number of carbonyl (C=O) groups excluding carboxylic acids is 1. The van der Waals surface area contributed by atoms with Gasteiger partial charge in [0.25, 0.3) is 5.91 Å². The lowest BCUT2D eigenvalue weighted by atomic mass is 10.1. The summed E-state index contributed by atoms with van der Waals surface area (Å²) < 4.78 is 11.4. The SMILES string of the molecule is COc1ccc(C(=O)Nc2cccc3ccccc23)cc1COc1cccc(C)c1. The lowest BCUT2D eigenvalue weighted by molar-refractivity contribution is 0.102. The number of anilines is 1. The summed E-state index contributed by atoms with van der Waals surface area (Å²) in [7, 11) is 1.61. The quantitative estimate of drug-likeness (QED) is 0.435. The zero-order chi connectivity index (χ0) is 20.9. The first-order chi connectivity index (χ1) is 14.6. The predicted octanol–water partition coefficient (Wildman–Crippen LogP) is 5.99. The van der Waals surface area contributed by atoms with Crippen molar-refractivity contribution in [2.75, 3.05) is 12.4 Å². The predicted molar refractivity (Wildman–Crippen MR) is 120 cm³/mol. The maximum atomic E-state index is 12.9. The molecule has 1 N–H and O–H groups in total. The zero-order valence-corrected chi connectivity index (χ0v) is 17.0. The van der Waals surface area contributed by atoms with Crippen LogP contribution in [0.2, 0.25) is 0 Å². The van der Waals surface area contributed by atoms with Crippen molar-refractivity contribution in [1.29, 1.82) is 0 Å². The van der Waals surface area contributed by atoms with Gasteiger partial charge in [0.15, 0.2) is 0 Å². The van der Waals surface area contributed by atoms with E-state index in [1.807, 2.05) is 79.7 Å². The van der Waals surface area contributed by atoms with Crippen LogP contribution in [0, 0.1) is 6.92 Å². The van der Waals surface area contributed by atoms with Crippen molar-refractivity contribution in [3.8, 4) is 11.5 Å². The van der Waals surface area contributed by atoms with Gasteiger partial charge in [-0.3, -0.25) is 4.79 Å². The van der Waals surface area contributed by atoms with Crippen LogP contribution in [0.1, 0.15) is 21.5 Å². The van der Waals surface area contributed by atoms with E-state index in [0.29, 0.717) is 17.9 Å². The fourth-order valence-electron chi connectivity index (χ4n) is 3.43. The molecule has 0 fully saturated rings. The van der Waals surface area contributed by atoms with Gasteiger partial charge in [0, 0.05) is 22.2 Å². The van der Waals surface area contributed by atoms with Gasteiger partial charge in [-0.05, 0) is 54.3 Å².